The van der Waals surface area contributed by atoms with Gasteiger partial charge >= 0.3 is 0 Å². The van der Waals surface area contributed by atoms with E-state index in [0.29, 0.717) is 0 Å². The van der Waals surface area contributed by atoms with Gasteiger partial charge in [0.25, 0.3) is 0 Å². The largest absolute Gasteiger partial charge is 0.409 e. The Kier molecular flexibility index (Phi) is 4.16. The van der Waals surface area contributed by atoms with Crippen LogP contribution in [-0.4, -0.2) is 20.4 Å². The molecule has 0 aliphatic carbocycles. The third-order valence-corrected chi connectivity index (χ3v) is 4.28. The number of nitrogens with zero attached hydrogens (tertiary/aromatic N) is 3. The van der Waals surface area contributed by atoms with E-state index in [1.807, 2.05) is 25.1 Å². The SMILES string of the molecule is Cc1cc(/C(N)=N/O)ccc1CSc1ncns1. The molecule has 7 heteroatoms. The van der Waals surface area contributed by atoms with Crippen molar-refractivity contribution in [1.29, 1.82) is 0 Å². The summed E-state index contributed by atoms with van der Waals surface area (Å²) >= 11 is 3.04. The number of nitrogens with two attached hydrogens (primary N) is 1. The van der Waals surface area contributed by atoms with E-state index in [2.05, 4.69) is 14.5 Å². The van der Waals surface area contributed by atoms with E-state index in [-0.39, 0.29) is 5.84 Å². The van der Waals surface area contributed by atoms with Crippen molar-refractivity contribution >= 4 is 29.1 Å². The molecule has 0 radical (unpaired) electrons. The maximum atomic E-state index is 8.62. The highest BCUT2D eigenvalue weighted by Gasteiger charge is 2.05. The molecular weight excluding hydrogens is 268 g/mol. The lowest BCUT2D eigenvalue weighted by molar-refractivity contribution is 0.318. The van der Waals surface area contributed by atoms with Gasteiger partial charge in [-0.1, -0.05) is 29.1 Å². The Morgan fingerprint density at radius 3 is 3.00 bits per heavy atom. The minimum absolute atomic E-state index is 0.126. The molecule has 18 heavy (non-hydrogen) atoms. The molecule has 5 nitrogen and oxygen atoms in total. The van der Waals surface area contributed by atoms with Gasteiger partial charge in [-0.25, -0.2) is 4.98 Å². The van der Waals surface area contributed by atoms with Crippen LogP contribution in [0.1, 0.15) is 16.7 Å². The first-order valence-corrected chi connectivity index (χ1v) is 6.93. The lowest BCUT2D eigenvalue weighted by Gasteiger charge is -2.06. The van der Waals surface area contributed by atoms with E-state index in [9.17, 15) is 0 Å². The molecule has 2 rings (SSSR count). The van der Waals surface area contributed by atoms with Gasteiger partial charge in [-0.15, -0.1) is 0 Å². The predicted octanol–water partition coefficient (Wildman–Crippen LogP) is 2.23. The molecule has 0 aliphatic heterocycles. The molecular formula is C11H12N4OS2. The molecule has 0 fully saturated rings. The highest BCUT2D eigenvalue weighted by Crippen LogP contribution is 2.25. The number of thioether (sulfide) groups is 1. The van der Waals surface area contributed by atoms with E-state index < -0.39 is 0 Å². The maximum absolute atomic E-state index is 8.62. The molecule has 0 amide bonds. The van der Waals surface area contributed by atoms with Crippen molar-refractivity contribution in [2.75, 3.05) is 0 Å². The van der Waals surface area contributed by atoms with Crippen LogP contribution < -0.4 is 5.73 Å². The zero-order chi connectivity index (χ0) is 13.0. The van der Waals surface area contributed by atoms with E-state index in [0.717, 1.165) is 21.2 Å². The third kappa shape index (κ3) is 2.99. The van der Waals surface area contributed by atoms with Crippen LogP contribution in [0.15, 0.2) is 34.0 Å². The maximum Gasteiger partial charge on any atom is 0.170 e. The van der Waals surface area contributed by atoms with Gasteiger partial charge < -0.3 is 10.9 Å². The monoisotopic (exact) mass is 280 g/mol. The molecule has 0 saturated carbocycles. The minimum Gasteiger partial charge on any atom is -0.409 e. The van der Waals surface area contributed by atoms with Crippen LogP contribution >= 0.6 is 23.3 Å². The van der Waals surface area contributed by atoms with Crippen LogP contribution in [0.5, 0.6) is 0 Å². The van der Waals surface area contributed by atoms with E-state index in [1.165, 1.54) is 17.1 Å². The van der Waals surface area contributed by atoms with Crippen molar-refractivity contribution in [3.8, 4) is 0 Å². The summed E-state index contributed by atoms with van der Waals surface area (Å²) in [4.78, 5) is 4.12. The molecule has 0 atom stereocenters. The third-order valence-electron chi connectivity index (χ3n) is 2.44. The summed E-state index contributed by atoms with van der Waals surface area (Å²) < 4.78 is 4.91. The van der Waals surface area contributed by atoms with Crippen molar-refractivity contribution in [3.63, 3.8) is 0 Å². The number of oxime groups is 1. The van der Waals surface area contributed by atoms with Crippen molar-refractivity contribution in [2.45, 2.75) is 17.0 Å². The van der Waals surface area contributed by atoms with Crippen LogP contribution in [0.2, 0.25) is 0 Å². The second kappa shape index (κ2) is 5.83. The number of hydrogen-bond acceptors (Lipinski definition) is 6. The van der Waals surface area contributed by atoms with Gasteiger partial charge in [0, 0.05) is 11.3 Å². The van der Waals surface area contributed by atoms with Gasteiger partial charge in [0.05, 0.1) is 0 Å². The smallest absolute Gasteiger partial charge is 0.170 e. The molecule has 0 spiro atoms. The number of rotatable bonds is 4. The van der Waals surface area contributed by atoms with Crippen molar-refractivity contribution in [3.05, 3.63) is 41.2 Å². The van der Waals surface area contributed by atoms with Crippen LogP contribution in [-0.2, 0) is 5.75 Å². The second-order valence-electron chi connectivity index (χ2n) is 3.62. The molecule has 1 aromatic carbocycles. The summed E-state index contributed by atoms with van der Waals surface area (Å²) in [5.41, 5.74) is 8.57. The van der Waals surface area contributed by atoms with Gasteiger partial charge in [0.1, 0.15) is 6.33 Å². The Morgan fingerprint density at radius 1 is 1.56 bits per heavy atom. The van der Waals surface area contributed by atoms with Crippen LogP contribution in [0.3, 0.4) is 0 Å². The van der Waals surface area contributed by atoms with Crippen LogP contribution in [0, 0.1) is 6.92 Å². The Labute approximate surface area is 113 Å². The standard InChI is InChI=1S/C11H12N4OS2/c1-7-4-8(10(12)15-16)2-3-9(7)5-17-11-13-6-14-18-11/h2-4,6,16H,5H2,1H3,(H2,12,15). The van der Waals surface area contributed by atoms with Crippen LogP contribution in [0.4, 0.5) is 0 Å². The normalized spacial score (nSPS) is 11.7. The molecule has 3 N–H and O–H groups in total. The number of hydrogen-bond donors (Lipinski definition) is 2. The van der Waals surface area contributed by atoms with Crippen molar-refractivity contribution in [2.24, 2.45) is 10.9 Å². The highest BCUT2D eigenvalue weighted by molar-refractivity contribution is 8.00. The first-order chi connectivity index (χ1) is 8.70. The number of aromatic nitrogens is 2. The lowest BCUT2D eigenvalue weighted by Crippen LogP contribution is -2.13. The number of aryl methyl sites for hydroxylation is 1. The van der Waals surface area contributed by atoms with E-state index >= 15 is 0 Å². The average Bonchev–Trinajstić information content (AvgIpc) is 2.89. The second-order valence-corrected chi connectivity index (χ2v) is 5.62. The fourth-order valence-corrected chi connectivity index (χ4v) is 2.96. The molecule has 0 aliphatic rings. The average molecular weight is 280 g/mol. The molecule has 2 aromatic rings. The van der Waals surface area contributed by atoms with Crippen molar-refractivity contribution in [1.82, 2.24) is 9.36 Å². The summed E-state index contributed by atoms with van der Waals surface area (Å²) in [6, 6.07) is 5.74. The summed E-state index contributed by atoms with van der Waals surface area (Å²) in [5, 5.41) is 11.6. The van der Waals surface area contributed by atoms with Gasteiger partial charge in [0.2, 0.25) is 0 Å². The first kappa shape index (κ1) is 12.8. The zero-order valence-corrected chi connectivity index (χ0v) is 11.3. The summed E-state index contributed by atoms with van der Waals surface area (Å²) in [5.74, 6) is 0.957. The first-order valence-electron chi connectivity index (χ1n) is 5.17. The van der Waals surface area contributed by atoms with Crippen LogP contribution in [0.25, 0.3) is 0 Å². The van der Waals surface area contributed by atoms with Gasteiger partial charge in [-0.2, -0.15) is 4.37 Å². The Balaban J connectivity index is 2.10. The topological polar surface area (TPSA) is 84.4 Å². The molecule has 94 valence electrons. The molecule has 1 heterocycles. The Hall–Kier alpha value is -1.60. The lowest BCUT2D eigenvalue weighted by atomic mass is 10.1. The van der Waals surface area contributed by atoms with Crippen molar-refractivity contribution < 1.29 is 5.21 Å². The Morgan fingerprint density at radius 2 is 2.39 bits per heavy atom. The molecule has 1 aromatic heterocycles. The molecule has 0 unspecified atom stereocenters. The fraction of sp³-hybridized carbons (Fsp3) is 0.182. The van der Waals surface area contributed by atoms with Gasteiger partial charge in [0.15, 0.2) is 10.2 Å². The molecule has 0 saturated heterocycles. The van der Waals surface area contributed by atoms with Gasteiger partial charge in [-0.05, 0) is 35.6 Å². The fourth-order valence-electron chi connectivity index (χ4n) is 1.44. The zero-order valence-electron chi connectivity index (χ0n) is 9.70. The summed E-state index contributed by atoms with van der Waals surface area (Å²) in [6.07, 6.45) is 1.56. The predicted molar refractivity (Wildman–Crippen MR) is 73.2 cm³/mol. The number of benzene rings is 1. The number of amidine groups is 1. The van der Waals surface area contributed by atoms with Gasteiger partial charge in [-0.3, -0.25) is 0 Å². The minimum atomic E-state index is 0.126. The molecule has 0 bridgehead atoms. The Bertz CT molecular complexity index is 554. The quantitative estimate of drug-likeness (QED) is 0.295. The van der Waals surface area contributed by atoms with E-state index in [4.69, 9.17) is 10.9 Å². The summed E-state index contributed by atoms with van der Waals surface area (Å²) in [6.45, 7) is 2.00. The highest BCUT2D eigenvalue weighted by atomic mass is 32.2. The van der Waals surface area contributed by atoms with E-state index in [1.54, 1.807) is 18.1 Å². The summed E-state index contributed by atoms with van der Waals surface area (Å²) in [7, 11) is 0.